The Bertz CT molecular complexity index is 23.0. The van der Waals surface area contributed by atoms with Gasteiger partial charge in [-0.2, -0.15) is 0 Å². The normalized spacial score (nSPS) is 6.25. The Morgan fingerprint density at radius 2 is 2.00 bits per heavy atom. The molecule has 0 aromatic carbocycles. The van der Waals surface area contributed by atoms with Crippen molar-refractivity contribution in [2.45, 2.75) is 6.92 Å². The van der Waals surface area contributed by atoms with Crippen molar-refractivity contribution in [2.24, 2.45) is 0 Å². The average Bonchev–Trinajstić information content (AvgIpc) is 0.811. The van der Waals surface area contributed by atoms with Gasteiger partial charge in [0.05, 0.1) is 5.57 Å². The van der Waals surface area contributed by atoms with E-state index in [4.69, 9.17) is 0 Å². The summed E-state index contributed by atoms with van der Waals surface area (Å²) in [6.07, 6.45) is 0. The van der Waals surface area contributed by atoms with Crippen molar-refractivity contribution >= 4 is 0 Å². The van der Waals surface area contributed by atoms with Crippen molar-refractivity contribution in [1.82, 2.24) is 0 Å². The first-order valence-electron chi connectivity index (χ1n) is 1.21. The molecule has 0 saturated heterocycles. The van der Waals surface area contributed by atoms with Crippen LogP contribution in [-0.4, -0.2) is 0 Å². The molecule has 0 aromatic heterocycles. The molecule has 0 bridgehead atoms. The lowest BCUT2D eigenvalue weighted by Crippen LogP contribution is -1.44. The van der Waals surface area contributed by atoms with Crippen LogP contribution in [0.4, 0.5) is 0 Å². The summed E-state index contributed by atoms with van der Waals surface area (Å²) in [6, 6.07) is 0. The van der Waals surface area contributed by atoms with Crippen LogP contribution in [0.25, 0.3) is 0 Å². The summed E-state index contributed by atoms with van der Waals surface area (Å²) in [7, 11) is 0. The molecule has 0 N–H and O–H groups in total. The zero-order chi connectivity index (χ0) is 3.58. The summed E-state index contributed by atoms with van der Waals surface area (Å²) in [5, 5.41) is 0. The number of rotatable bonds is 0. The van der Waals surface area contributed by atoms with E-state index in [1.165, 1.54) is 0 Å². The Morgan fingerprint density at radius 3 is 2.00 bits per heavy atom. The van der Waals surface area contributed by atoms with Crippen molar-refractivity contribution in [3.63, 3.8) is 0 Å². The Balaban J connectivity index is 2.80. The Labute approximate surface area is 27.1 Å². The van der Waals surface area contributed by atoms with Crippen LogP contribution >= 0.6 is 0 Å². The van der Waals surface area contributed by atoms with Gasteiger partial charge in [0.2, 0.25) is 0 Å². The maximum absolute atomic E-state index is 3.44. The lowest BCUT2D eigenvalue weighted by Gasteiger charge is -1.53. The van der Waals surface area contributed by atoms with Crippen LogP contribution in [0.15, 0.2) is 12.2 Å². The molecular formula is C4H7+. The van der Waals surface area contributed by atoms with Gasteiger partial charge in [-0.25, -0.2) is 0 Å². The molecule has 0 aromatic rings. The van der Waals surface area contributed by atoms with Crippen LogP contribution in [-0.2, 0) is 0 Å². The molecule has 0 unspecified atom stereocenters. The minimum absolute atomic E-state index is 0.917. The number of hydrogen-bond donors (Lipinski definition) is 0. The van der Waals surface area contributed by atoms with E-state index < -0.39 is 0 Å². The van der Waals surface area contributed by atoms with E-state index in [0.717, 1.165) is 5.57 Å². The van der Waals surface area contributed by atoms with E-state index in [2.05, 4.69) is 13.5 Å². The summed E-state index contributed by atoms with van der Waals surface area (Å²) in [4.78, 5) is 0. The first-order valence-corrected chi connectivity index (χ1v) is 1.21. The molecule has 0 radical (unpaired) electrons. The highest BCUT2D eigenvalue weighted by molar-refractivity contribution is 4.90. The molecule has 0 aliphatic rings. The van der Waals surface area contributed by atoms with E-state index in [1.807, 2.05) is 6.92 Å². The highest BCUT2D eigenvalue weighted by Gasteiger charge is 1.64. The van der Waals surface area contributed by atoms with E-state index in [1.54, 1.807) is 0 Å². The molecule has 0 spiro atoms. The fourth-order valence-corrected chi connectivity index (χ4v) is 0. The lowest BCUT2D eigenvalue weighted by molar-refractivity contribution is 1.58. The zero-order valence-corrected chi connectivity index (χ0v) is 2.91. The highest BCUT2D eigenvalue weighted by atomic mass is 13.6. The monoisotopic (exact) mass is 55.1 g/mol. The largest absolute Gasteiger partial charge is 0.0933 e. The fraction of sp³-hybridized carbons (Fsp3) is 0.250. The molecule has 0 aliphatic heterocycles. The SMILES string of the molecule is C=C([CH2+])C. The van der Waals surface area contributed by atoms with E-state index in [-0.39, 0.29) is 0 Å². The minimum Gasteiger partial charge on any atom is -0.00218 e. The Morgan fingerprint density at radius 1 is 2.00 bits per heavy atom. The standard InChI is InChI=1S/C4H7/c1-4(2)3/h1-2H2,3H3/q+1. The predicted molar refractivity (Wildman–Crippen MR) is 20.2 cm³/mol. The molecular weight excluding hydrogens is 48.0 g/mol. The van der Waals surface area contributed by atoms with Gasteiger partial charge in [0.1, 0.15) is 0 Å². The summed E-state index contributed by atoms with van der Waals surface area (Å²) in [6.45, 7) is 8.75. The quantitative estimate of drug-likeness (QED) is 0.367. The molecule has 0 heterocycles. The van der Waals surface area contributed by atoms with E-state index in [0.29, 0.717) is 0 Å². The van der Waals surface area contributed by atoms with Crippen LogP contribution in [0.3, 0.4) is 0 Å². The van der Waals surface area contributed by atoms with Crippen LogP contribution in [0.5, 0.6) is 0 Å². The first kappa shape index (κ1) is 3.61. The molecule has 0 saturated carbocycles. The zero-order valence-electron chi connectivity index (χ0n) is 2.91. The van der Waals surface area contributed by atoms with Crippen LogP contribution in [0.1, 0.15) is 6.92 Å². The van der Waals surface area contributed by atoms with Crippen molar-refractivity contribution in [3.05, 3.63) is 19.1 Å². The van der Waals surface area contributed by atoms with Gasteiger partial charge in [0.15, 0.2) is 0 Å². The molecule has 0 heteroatoms. The van der Waals surface area contributed by atoms with Crippen molar-refractivity contribution in [3.8, 4) is 0 Å². The van der Waals surface area contributed by atoms with Crippen LogP contribution in [0, 0.1) is 6.92 Å². The number of allylic oxidation sites excluding steroid dienone is 1. The van der Waals surface area contributed by atoms with Gasteiger partial charge < -0.3 is 0 Å². The van der Waals surface area contributed by atoms with Gasteiger partial charge in [-0.1, -0.05) is 0 Å². The van der Waals surface area contributed by atoms with Gasteiger partial charge in [-0.15, -0.1) is 0 Å². The number of hydrogen-bond acceptors (Lipinski definition) is 0. The second-order valence-electron chi connectivity index (χ2n) is 0.957. The van der Waals surface area contributed by atoms with Gasteiger partial charge in [-0.3, -0.25) is 0 Å². The third kappa shape index (κ3) is 3.94. The topological polar surface area (TPSA) is 0 Å². The second kappa shape index (κ2) is 0.993. The summed E-state index contributed by atoms with van der Waals surface area (Å²) >= 11 is 0. The molecule has 22 valence electrons. The van der Waals surface area contributed by atoms with E-state index in [9.17, 15) is 0 Å². The van der Waals surface area contributed by atoms with Crippen molar-refractivity contribution < 1.29 is 0 Å². The summed E-state index contributed by atoms with van der Waals surface area (Å²) in [5.41, 5.74) is 0.917. The molecule has 0 fully saturated rings. The highest BCUT2D eigenvalue weighted by Crippen LogP contribution is 1.72. The average molecular weight is 55.1 g/mol. The third-order valence-corrected chi connectivity index (χ3v) is 0. The molecule has 0 rings (SSSR count). The van der Waals surface area contributed by atoms with Crippen molar-refractivity contribution in [2.75, 3.05) is 0 Å². The predicted octanol–water partition coefficient (Wildman–Crippen LogP) is 1.40. The van der Waals surface area contributed by atoms with Crippen LogP contribution in [0.2, 0.25) is 0 Å². The fourth-order valence-electron chi connectivity index (χ4n) is 0. The first-order chi connectivity index (χ1) is 1.73. The van der Waals surface area contributed by atoms with Gasteiger partial charge in [0, 0.05) is 13.5 Å². The molecule has 0 atom stereocenters. The molecule has 0 amide bonds. The lowest BCUT2D eigenvalue weighted by atomic mass is 10.4. The van der Waals surface area contributed by atoms with Gasteiger partial charge in [-0.05, 0) is 6.92 Å². The third-order valence-electron chi connectivity index (χ3n) is 0. The summed E-state index contributed by atoms with van der Waals surface area (Å²) < 4.78 is 0. The smallest absolute Gasteiger partial charge is 0.00218 e. The Hall–Kier alpha value is -0.390. The second-order valence-corrected chi connectivity index (χ2v) is 0.957. The maximum Gasteiger partial charge on any atom is 0.0933 e. The van der Waals surface area contributed by atoms with E-state index >= 15 is 0 Å². The van der Waals surface area contributed by atoms with Crippen LogP contribution < -0.4 is 0 Å². The Kier molecular flexibility index (Phi) is 0.896. The minimum atomic E-state index is 0.917. The van der Waals surface area contributed by atoms with Gasteiger partial charge >= 0.3 is 0 Å². The molecule has 0 aliphatic carbocycles. The molecule has 0 nitrogen and oxygen atoms in total. The van der Waals surface area contributed by atoms with Gasteiger partial charge in [0.25, 0.3) is 0 Å². The maximum atomic E-state index is 3.44. The molecule has 4 heavy (non-hydrogen) atoms. The summed E-state index contributed by atoms with van der Waals surface area (Å²) in [5.74, 6) is 0. The van der Waals surface area contributed by atoms with Crippen molar-refractivity contribution in [1.29, 1.82) is 0 Å².